The highest BCUT2D eigenvalue weighted by atomic mass is 32.1. The van der Waals surface area contributed by atoms with Crippen molar-refractivity contribution in [3.63, 3.8) is 0 Å². The van der Waals surface area contributed by atoms with E-state index in [9.17, 15) is 9.59 Å². The summed E-state index contributed by atoms with van der Waals surface area (Å²) in [5.41, 5.74) is 0.263. The zero-order valence-corrected chi connectivity index (χ0v) is 15.2. The van der Waals surface area contributed by atoms with Crippen LogP contribution >= 0.6 is 22.7 Å². The molecular weight excluding hydrogens is 344 g/mol. The molecule has 1 saturated heterocycles. The maximum absolute atomic E-state index is 12.4. The van der Waals surface area contributed by atoms with Crippen molar-refractivity contribution in [2.45, 2.75) is 38.7 Å². The molecule has 1 amide bonds. The number of thiophene rings is 1. The molecule has 1 atom stereocenters. The maximum Gasteiger partial charge on any atom is 0.358 e. The average Bonchev–Trinajstić information content (AvgIpc) is 3.20. The molecule has 1 aliphatic heterocycles. The molecule has 1 fully saturated rings. The molecular formula is C17H20N2O3S2. The minimum absolute atomic E-state index is 0.112. The minimum atomic E-state index is -0.775. The second kappa shape index (κ2) is 7.90. The van der Waals surface area contributed by atoms with Crippen molar-refractivity contribution in [1.29, 1.82) is 0 Å². The van der Waals surface area contributed by atoms with E-state index in [1.807, 2.05) is 22.4 Å². The molecule has 2 aromatic rings. The summed E-state index contributed by atoms with van der Waals surface area (Å²) in [6.45, 7) is 3.14. The van der Waals surface area contributed by atoms with Crippen LogP contribution in [-0.4, -0.2) is 41.0 Å². The lowest BCUT2D eigenvalue weighted by atomic mass is 10.2. The van der Waals surface area contributed by atoms with Crippen molar-refractivity contribution < 1.29 is 14.3 Å². The van der Waals surface area contributed by atoms with Crippen LogP contribution in [0, 0.1) is 0 Å². The van der Waals surface area contributed by atoms with Crippen LogP contribution in [0.5, 0.6) is 0 Å². The highest BCUT2D eigenvalue weighted by Crippen LogP contribution is 2.28. The van der Waals surface area contributed by atoms with Gasteiger partial charge in [-0.15, -0.1) is 22.7 Å². The Bertz CT molecular complexity index is 689. The molecule has 7 heteroatoms. The first-order valence-electron chi connectivity index (χ1n) is 8.14. The highest BCUT2D eigenvalue weighted by Gasteiger charge is 2.25. The Balaban J connectivity index is 1.60. The normalized spacial score (nSPS) is 16.5. The second-order valence-electron chi connectivity index (χ2n) is 5.80. The first kappa shape index (κ1) is 17.1. The molecule has 0 N–H and O–H groups in total. The molecule has 0 spiro atoms. The predicted octanol–water partition coefficient (Wildman–Crippen LogP) is 3.82. The van der Waals surface area contributed by atoms with Crippen molar-refractivity contribution in [3.8, 4) is 9.88 Å². The third-order valence-electron chi connectivity index (χ3n) is 3.99. The van der Waals surface area contributed by atoms with Crippen molar-refractivity contribution in [2.75, 3.05) is 13.1 Å². The largest absolute Gasteiger partial charge is 0.448 e. The Kier molecular flexibility index (Phi) is 5.63. The van der Waals surface area contributed by atoms with Crippen LogP contribution < -0.4 is 0 Å². The van der Waals surface area contributed by atoms with Gasteiger partial charge in [0.2, 0.25) is 0 Å². The van der Waals surface area contributed by atoms with Crippen LogP contribution in [0.2, 0.25) is 0 Å². The molecule has 24 heavy (non-hydrogen) atoms. The Morgan fingerprint density at radius 2 is 1.96 bits per heavy atom. The number of esters is 1. The van der Waals surface area contributed by atoms with E-state index in [0.717, 1.165) is 48.7 Å². The highest BCUT2D eigenvalue weighted by molar-refractivity contribution is 7.20. The number of nitrogens with zero attached hydrogens (tertiary/aromatic N) is 2. The van der Waals surface area contributed by atoms with Crippen LogP contribution in [0.3, 0.4) is 0 Å². The summed E-state index contributed by atoms with van der Waals surface area (Å²) in [5, 5.41) is 4.44. The van der Waals surface area contributed by atoms with Gasteiger partial charge in [0.1, 0.15) is 5.01 Å². The molecule has 128 valence electrons. The SMILES string of the molecule is C[C@H](OC(=O)c1csc(-c2cccs2)n1)C(=O)N1CCCCCC1. The van der Waals surface area contributed by atoms with E-state index in [0.29, 0.717) is 0 Å². The van der Waals surface area contributed by atoms with E-state index >= 15 is 0 Å². The lowest BCUT2D eigenvalue weighted by Crippen LogP contribution is -2.40. The average molecular weight is 364 g/mol. The summed E-state index contributed by atoms with van der Waals surface area (Å²) < 4.78 is 5.34. The molecule has 5 nitrogen and oxygen atoms in total. The van der Waals surface area contributed by atoms with Crippen LogP contribution in [0.15, 0.2) is 22.9 Å². The number of carbonyl (C=O) groups excluding carboxylic acids is 2. The first-order chi connectivity index (χ1) is 11.6. The zero-order valence-electron chi connectivity index (χ0n) is 13.6. The monoisotopic (exact) mass is 364 g/mol. The second-order valence-corrected chi connectivity index (χ2v) is 7.61. The molecule has 1 aliphatic rings. The van der Waals surface area contributed by atoms with Crippen molar-refractivity contribution in [2.24, 2.45) is 0 Å². The molecule has 0 bridgehead atoms. The minimum Gasteiger partial charge on any atom is -0.448 e. The fraction of sp³-hybridized carbons (Fsp3) is 0.471. The molecule has 0 aromatic carbocycles. The van der Waals surface area contributed by atoms with E-state index in [2.05, 4.69) is 4.98 Å². The molecule has 0 unspecified atom stereocenters. The van der Waals surface area contributed by atoms with E-state index in [-0.39, 0.29) is 11.6 Å². The van der Waals surface area contributed by atoms with Crippen LogP contribution in [0.1, 0.15) is 43.1 Å². The van der Waals surface area contributed by atoms with Gasteiger partial charge in [0.15, 0.2) is 11.8 Å². The fourth-order valence-electron chi connectivity index (χ4n) is 2.70. The Morgan fingerprint density at radius 1 is 1.21 bits per heavy atom. The van der Waals surface area contributed by atoms with Gasteiger partial charge in [-0.05, 0) is 31.2 Å². The number of rotatable bonds is 4. The van der Waals surface area contributed by atoms with Crippen LogP contribution in [0.25, 0.3) is 9.88 Å². The van der Waals surface area contributed by atoms with Gasteiger partial charge in [-0.2, -0.15) is 0 Å². The van der Waals surface area contributed by atoms with E-state index in [1.165, 1.54) is 11.3 Å². The van der Waals surface area contributed by atoms with Gasteiger partial charge in [-0.1, -0.05) is 18.9 Å². The van der Waals surface area contributed by atoms with Gasteiger partial charge in [-0.3, -0.25) is 4.79 Å². The summed E-state index contributed by atoms with van der Waals surface area (Å²) in [4.78, 5) is 31.8. The predicted molar refractivity (Wildman–Crippen MR) is 95.4 cm³/mol. The number of aromatic nitrogens is 1. The summed E-state index contributed by atoms with van der Waals surface area (Å²) in [5.74, 6) is -0.649. The summed E-state index contributed by atoms with van der Waals surface area (Å²) in [6.07, 6.45) is 3.57. The van der Waals surface area contributed by atoms with Crippen molar-refractivity contribution in [1.82, 2.24) is 9.88 Å². The number of thiazole rings is 1. The Morgan fingerprint density at radius 3 is 2.62 bits per heavy atom. The molecule has 0 saturated carbocycles. The van der Waals surface area contributed by atoms with Crippen LogP contribution in [0.4, 0.5) is 0 Å². The lowest BCUT2D eigenvalue weighted by Gasteiger charge is -2.23. The van der Waals surface area contributed by atoms with Gasteiger partial charge in [-0.25, -0.2) is 9.78 Å². The third-order valence-corrected chi connectivity index (χ3v) is 5.88. The fourth-order valence-corrected chi connectivity index (χ4v) is 4.30. The van der Waals surface area contributed by atoms with Crippen LogP contribution in [-0.2, 0) is 9.53 Å². The first-order valence-corrected chi connectivity index (χ1v) is 9.90. The molecule has 2 aromatic heterocycles. The quantitative estimate of drug-likeness (QED) is 0.774. The van der Waals surface area contributed by atoms with Gasteiger partial charge in [0.05, 0.1) is 4.88 Å². The molecule has 3 heterocycles. The zero-order chi connectivity index (χ0) is 16.9. The number of hydrogen-bond acceptors (Lipinski definition) is 6. The lowest BCUT2D eigenvalue weighted by molar-refractivity contribution is -0.139. The number of carbonyl (C=O) groups is 2. The number of amides is 1. The van der Waals surface area contributed by atoms with Gasteiger partial charge < -0.3 is 9.64 Å². The van der Waals surface area contributed by atoms with Gasteiger partial charge in [0, 0.05) is 18.5 Å². The van der Waals surface area contributed by atoms with E-state index in [4.69, 9.17) is 4.74 Å². The topological polar surface area (TPSA) is 59.5 Å². The van der Waals surface area contributed by atoms with Gasteiger partial charge in [0.25, 0.3) is 5.91 Å². The molecule has 0 aliphatic carbocycles. The van der Waals surface area contributed by atoms with Crippen molar-refractivity contribution >= 4 is 34.6 Å². The summed E-state index contributed by atoms with van der Waals surface area (Å²) in [6, 6.07) is 3.91. The van der Waals surface area contributed by atoms with Crippen molar-refractivity contribution in [3.05, 3.63) is 28.6 Å². The Hall–Kier alpha value is -1.73. The summed E-state index contributed by atoms with van der Waals surface area (Å²) >= 11 is 2.98. The molecule has 3 rings (SSSR count). The van der Waals surface area contributed by atoms with Gasteiger partial charge >= 0.3 is 5.97 Å². The molecule has 0 radical (unpaired) electrons. The Labute approximate surface area is 149 Å². The van der Waals surface area contributed by atoms with E-state index in [1.54, 1.807) is 23.6 Å². The van der Waals surface area contributed by atoms with E-state index < -0.39 is 12.1 Å². The third kappa shape index (κ3) is 4.02. The summed E-state index contributed by atoms with van der Waals surface area (Å²) in [7, 11) is 0. The standard InChI is InChI=1S/C17H20N2O3S2/c1-12(16(20)19-8-4-2-3-5-9-19)22-17(21)13-11-24-15(18-13)14-7-6-10-23-14/h6-7,10-12H,2-5,8-9H2,1H3/t12-/m0/s1. The number of ether oxygens (including phenoxy) is 1. The maximum atomic E-state index is 12.4. The smallest absolute Gasteiger partial charge is 0.358 e. The number of likely N-dealkylation sites (tertiary alicyclic amines) is 1. The number of hydrogen-bond donors (Lipinski definition) is 0.